The Hall–Kier alpha value is -0.970. The Morgan fingerprint density at radius 2 is 1.94 bits per heavy atom. The van der Waals surface area contributed by atoms with Crippen LogP contribution in [0.3, 0.4) is 0 Å². The van der Waals surface area contributed by atoms with E-state index in [0.29, 0.717) is 4.47 Å². The average Bonchev–Trinajstić information content (AvgIpc) is 2.76. The fourth-order valence-electron chi connectivity index (χ4n) is 2.05. The van der Waals surface area contributed by atoms with Crippen LogP contribution >= 0.6 is 15.9 Å². The minimum Gasteiger partial charge on any atom is -0.349 e. The molecule has 1 aliphatic rings. The van der Waals surface area contributed by atoms with Crippen LogP contribution < -0.4 is 5.32 Å². The van der Waals surface area contributed by atoms with Gasteiger partial charge in [-0.25, -0.2) is 8.78 Å². The summed E-state index contributed by atoms with van der Waals surface area (Å²) in [5, 5.41) is 2.72. The van der Waals surface area contributed by atoms with Gasteiger partial charge in [0.05, 0.1) is 5.56 Å². The molecule has 1 aromatic rings. The molecule has 92 valence electrons. The van der Waals surface area contributed by atoms with Crippen molar-refractivity contribution in [3.05, 3.63) is 33.8 Å². The third-order valence-corrected chi connectivity index (χ3v) is 3.39. The van der Waals surface area contributed by atoms with Crippen molar-refractivity contribution < 1.29 is 13.6 Å². The van der Waals surface area contributed by atoms with Gasteiger partial charge in [-0.1, -0.05) is 28.8 Å². The van der Waals surface area contributed by atoms with E-state index in [2.05, 4.69) is 21.2 Å². The molecule has 2 nitrogen and oxygen atoms in total. The molecule has 0 atom stereocenters. The summed E-state index contributed by atoms with van der Waals surface area (Å²) in [4.78, 5) is 11.8. The highest BCUT2D eigenvalue weighted by atomic mass is 79.9. The number of nitrogens with one attached hydrogen (secondary N) is 1. The summed E-state index contributed by atoms with van der Waals surface area (Å²) in [6.07, 6.45) is 3.95. The van der Waals surface area contributed by atoms with E-state index in [1.807, 2.05) is 0 Å². The normalized spacial score (nSPS) is 16.2. The van der Waals surface area contributed by atoms with Crippen molar-refractivity contribution >= 4 is 21.8 Å². The van der Waals surface area contributed by atoms with Gasteiger partial charge >= 0.3 is 0 Å². The van der Waals surface area contributed by atoms with Crippen LogP contribution in [0.4, 0.5) is 8.78 Å². The summed E-state index contributed by atoms with van der Waals surface area (Å²) in [5.74, 6) is -2.66. The summed E-state index contributed by atoms with van der Waals surface area (Å²) in [7, 11) is 0. The van der Waals surface area contributed by atoms with Crippen LogP contribution in [0.25, 0.3) is 0 Å². The molecule has 1 saturated carbocycles. The van der Waals surface area contributed by atoms with Crippen LogP contribution in [0.1, 0.15) is 36.0 Å². The van der Waals surface area contributed by atoms with E-state index >= 15 is 0 Å². The molecule has 1 amide bonds. The molecule has 17 heavy (non-hydrogen) atoms. The lowest BCUT2D eigenvalue weighted by molar-refractivity contribution is 0.0932. The smallest absolute Gasteiger partial charge is 0.254 e. The van der Waals surface area contributed by atoms with Crippen molar-refractivity contribution in [1.29, 1.82) is 0 Å². The van der Waals surface area contributed by atoms with Crippen molar-refractivity contribution in [3.8, 4) is 0 Å². The third kappa shape index (κ3) is 2.83. The zero-order valence-corrected chi connectivity index (χ0v) is 10.7. The Morgan fingerprint density at radius 1 is 1.29 bits per heavy atom. The molecule has 1 N–H and O–H groups in total. The van der Waals surface area contributed by atoms with Crippen LogP contribution in [-0.4, -0.2) is 11.9 Å². The van der Waals surface area contributed by atoms with Crippen molar-refractivity contribution in [2.24, 2.45) is 0 Å². The van der Waals surface area contributed by atoms with Crippen LogP contribution in [0.5, 0.6) is 0 Å². The lowest BCUT2D eigenvalue weighted by Crippen LogP contribution is -2.33. The molecule has 0 unspecified atom stereocenters. The van der Waals surface area contributed by atoms with Crippen molar-refractivity contribution in [2.75, 3.05) is 0 Å². The van der Waals surface area contributed by atoms with Gasteiger partial charge in [-0.3, -0.25) is 4.79 Å². The highest BCUT2D eigenvalue weighted by Crippen LogP contribution is 2.21. The predicted molar refractivity (Wildman–Crippen MR) is 63.8 cm³/mol. The number of amides is 1. The quantitative estimate of drug-likeness (QED) is 0.834. The Balaban J connectivity index is 2.18. The highest BCUT2D eigenvalue weighted by Gasteiger charge is 2.21. The van der Waals surface area contributed by atoms with Crippen molar-refractivity contribution in [3.63, 3.8) is 0 Å². The van der Waals surface area contributed by atoms with Gasteiger partial charge in [0.2, 0.25) is 0 Å². The van der Waals surface area contributed by atoms with Crippen LogP contribution in [0.15, 0.2) is 16.6 Å². The second-order valence-corrected chi connectivity index (χ2v) is 5.12. The van der Waals surface area contributed by atoms with Crippen molar-refractivity contribution in [2.45, 2.75) is 31.7 Å². The molecular weight excluding hydrogens is 292 g/mol. The minimum absolute atomic E-state index is 0.0870. The summed E-state index contributed by atoms with van der Waals surface area (Å²) in [5.41, 5.74) is -0.247. The third-order valence-electron chi connectivity index (χ3n) is 2.93. The lowest BCUT2D eigenvalue weighted by atomic mass is 10.1. The van der Waals surface area contributed by atoms with Crippen LogP contribution in [0.2, 0.25) is 0 Å². The second kappa shape index (κ2) is 5.12. The van der Waals surface area contributed by atoms with Crippen molar-refractivity contribution in [1.82, 2.24) is 5.32 Å². The predicted octanol–water partition coefficient (Wildman–Crippen LogP) is 3.40. The SMILES string of the molecule is O=C(NC1CCCC1)c1cc(Br)cc(F)c1F. The van der Waals surface area contributed by atoms with E-state index in [1.54, 1.807) is 0 Å². The Labute approximate surface area is 107 Å². The van der Waals surface area contributed by atoms with E-state index < -0.39 is 17.5 Å². The van der Waals surface area contributed by atoms with Gasteiger partial charge in [-0.15, -0.1) is 0 Å². The molecule has 0 bridgehead atoms. The molecule has 0 aliphatic heterocycles. The fraction of sp³-hybridized carbons (Fsp3) is 0.417. The first-order valence-electron chi connectivity index (χ1n) is 5.53. The second-order valence-electron chi connectivity index (χ2n) is 4.20. The van der Waals surface area contributed by atoms with Gasteiger partial charge in [0.25, 0.3) is 5.91 Å². The fourth-order valence-corrected chi connectivity index (χ4v) is 2.48. The Morgan fingerprint density at radius 3 is 2.59 bits per heavy atom. The molecule has 0 spiro atoms. The largest absolute Gasteiger partial charge is 0.349 e. The zero-order valence-electron chi connectivity index (χ0n) is 9.10. The molecule has 0 radical (unpaired) electrons. The Bertz CT molecular complexity index is 444. The average molecular weight is 304 g/mol. The van der Waals surface area contributed by atoms with E-state index in [1.165, 1.54) is 6.07 Å². The highest BCUT2D eigenvalue weighted by molar-refractivity contribution is 9.10. The summed E-state index contributed by atoms with van der Waals surface area (Å²) >= 11 is 3.04. The standard InChI is InChI=1S/C12H12BrF2NO/c13-7-5-9(11(15)10(14)6-7)12(17)16-8-3-1-2-4-8/h5-6,8H,1-4H2,(H,16,17). The van der Waals surface area contributed by atoms with Crippen LogP contribution in [-0.2, 0) is 0 Å². The number of benzene rings is 1. The molecule has 0 aromatic heterocycles. The monoisotopic (exact) mass is 303 g/mol. The summed E-state index contributed by atoms with van der Waals surface area (Å²) in [6.45, 7) is 0. The molecule has 1 fully saturated rings. The summed E-state index contributed by atoms with van der Waals surface area (Å²) in [6, 6.07) is 2.38. The van der Waals surface area contributed by atoms with E-state index in [0.717, 1.165) is 31.7 Å². The van der Waals surface area contributed by atoms with Gasteiger partial charge < -0.3 is 5.32 Å². The van der Waals surface area contributed by atoms with Gasteiger partial charge in [0.1, 0.15) is 0 Å². The summed E-state index contributed by atoms with van der Waals surface area (Å²) < 4.78 is 26.9. The van der Waals surface area contributed by atoms with Gasteiger partial charge in [0.15, 0.2) is 11.6 Å². The van der Waals surface area contributed by atoms with Gasteiger partial charge in [-0.05, 0) is 25.0 Å². The number of carbonyl (C=O) groups excluding carboxylic acids is 1. The van der Waals surface area contributed by atoms with E-state index in [4.69, 9.17) is 0 Å². The molecule has 0 saturated heterocycles. The van der Waals surface area contributed by atoms with E-state index in [-0.39, 0.29) is 11.6 Å². The molecule has 1 aromatic carbocycles. The number of carbonyl (C=O) groups is 1. The molecular formula is C12H12BrF2NO. The molecule has 5 heteroatoms. The maximum atomic E-state index is 13.4. The topological polar surface area (TPSA) is 29.1 Å². The maximum Gasteiger partial charge on any atom is 0.254 e. The van der Waals surface area contributed by atoms with E-state index in [9.17, 15) is 13.6 Å². The molecule has 2 rings (SSSR count). The first kappa shape index (κ1) is 12.5. The maximum absolute atomic E-state index is 13.4. The minimum atomic E-state index is -1.09. The first-order chi connectivity index (χ1) is 8.08. The number of halogens is 3. The first-order valence-corrected chi connectivity index (χ1v) is 6.32. The molecule has 1 aliphatic carbocycles. The zero-order chi connectivity index (χ0) is 12.4. The van der Waals surface area contributed by atoms with Gasteiger partial charge in [-0.2, -0.15) is 0 Å². The number of rotatable bonds is 2. The number of hydrogen-bond donors (Lipinski definition) is 1. The lowest BCUT2D eigenvalue weighted by Gasteiger charge is -2.12. The number of hydrogen-bond acceptors (Lipinski definition) is 1. The van der Waals surface area contributed by atoms with Gasteiger partial charge in [0, 0.05) is 10.5 Å². The van der Waals surface area contributed by atoms with Crippen LogP contribution in [0, 0.1) is 11.6 Å². The Kier molecular flexibility index (Phi) is 3.76. The molecule has 0 heterocycles.